The normalized spacial score (nSPS) is 9.00. The van der Waals surface area contributed by atoms with Gasteiger partial charge in [0.05, 0.1) is 17.8 Å². The third-order valence-electron chi connectivity index (χ3n) is 1.28. The number of aromatic nitrogens is 2. The molecule has 0 amide bonds. The van der Waals surface area contributed by atoms with E-state index in [1.165, 1.54) is 12.4 Å². The van der Waals surface area contributed by atoms with Gasteiger partial charge in [0, 0.05) is 19.0 Å². The molecule has 1 heterocycles. The van der Waals surface area contributed by atoms with Crippen molar-refractivity contribution in [3.8, 4) is 6.07 Å². The zero-order valence-electron chi connectivity index (χ0n) is 5.87. The largest absolute Gasteiger partial charge is 0.294 e. The molecule has 0 aliphatic rings. The minimum absolute atomic E-state index is 0.0414. The lowest BCUT2D eigenvalue weighted by atomic mass is 10.1. The molecule has 0 aliphatic heterocycles. The Bertz CT molecular complexity index is 270. The Kier molecular flexibility index (Phi) is 2.39. The maximum atomic E-state index is 11.1. The molecular formula is C7H7N3O. The number of H-pyrrole nitrogens is 1. The highest BCUT2D eigenvalue weighted by Crippen LogP contribution is 2.01. The van der Waals surface area contributed by atoms with Crippen molar-refractivity contribution in [3.63, 3.8) is 0 Å². The van der Waals surface area contributed by atoms with E-state index in [-0.39, 0.29) is 18.6 Å². The van der Waals surface area contributed by atoms with Crippen molar-refractivity contribution in [2.24, 2.45) is 0 Å². The lowest BCUT2D eigenvalue weighted by Crippen LogP contribution is -1.95. The van der Waals surface area contributed by atoms with E-state index in [0.717, 1.165) is 0 Å². The van der Waals surface area contributed by atoms with Crippen LogP contribution in [0.5, 0.6) is 0 Å². The molecule has 0 unspecified atom stereocenters. The number of carbonyl (C=O) groups excluding carboxylic acids is 1. The Labute approximate surface area is 63.8 Å². The molecule has 4 heteroatoms. The number of aromatic amines is 1. The number of ketones is 1. The first-order valence-electron chi connectivity index (χ1n) is 3.23. The first-order chi connectivity index (χ1) is 5.34. The summed E-state index contributed by atoms with van der Waals surface area (Å²) in [5.74, 6) is -0.0414. The van der Waals surface area contributed by atoms with Gasteiger partial charge >= 0.3 is 0 Å². The molecule has 0 fully saturated rings. The van der Waals surface area contributed by atoms with Crippen LogP contribution < -0.4 is 0 Å². The summed E-state index contributed by atoms with van der Waals surface area (Å²) >= 11 is 0. The van der Waals surface area contributed by atoms with E-state index >= 15 is 0 Å². The van der Waals surface area contributed by atoms with Gasteiger partial charge in [0.25, 0.3) is 0 Å². The third-order valence-corrected chi connectivity index (χ3v) is 1.28. The minimum atomic E-state index is -0.0414. The molecule has 11 heavy (non-hydrogen) atoms. The van der Waals surface area contributed by atoms with Gasteiger partial charge in [-0.25, -0.2) is 0 Å². The van der Waals surface area contributed by atoms with Crippen LogP contribution in [0.2, 0.25) is 0 Å². The average Bonchev–Trinajstić information content (AvgIpc) is 2.52. The summed E-state index contributed by atoms with van der Waals surface area (Å²) in [5.41, 5.74) is 0.542. The van der Waals surface area contributed by atoms with Crippen LogP contribution in [0.3, 0.4) is 0 Å². The van der Waals surface area contributed by atoms with Gasteiger partial charge in [0.15, 0.2) is 5.78 Å². The molecule has 1 aromatic heterocycles. The molecule has 0 aliphatic carbocycles. The van der Waals surface area contributed by atoms with E-state index in [4.69, 9.17) is 5.26 Å². The van der Waals surface area contributed by atoms with Gasteiger partial charge in [-0.1, -0.05) is 0 Å². The van der Waals surface area contributed by atoms with Gasteiger partial charge in [-0.15, -0.1) is 0 Å². The predicted molar refractivity (Wildman–Crippen MR) is 37.8 cm³/mol. The molecule has 56 valence electrons. The Balaban J connectivity index is 2.51. The minimum Gasteiger partial charge on any atom is -0.294 e. The van der Waals surface area contributed by atoms with Crippen LogP contribution in [0.15, 0.2) is 12.4 Å². The van der Waals surface area contributed by atoms with Crippen molar-refractivity contribution in [2.45, 2.75) is 12.8 Å². The summed E-state index contributed by atoms with van der Waals surface area (Å²) in [6, 6.07) is 1.91. The van der Waals surface area contributed by atoms with E-state index in [1.807, 2.05) is 6.07 Å². The molecule has 1 rings (SSSR count). The van der Waals surface area contributed by atoms with Crippen molar-refractivity contribution in [1.82, 2.24) is 10.2 Å². The third kappa shape index (κ3) is 1.90. The van der Waals surface area contributed by atoms with E-state index < -0.39 is 0 Å². The molecule has 1 N–H and O–H groups in total. The lowest BCUT2D eigenvalue weighted by molar-refractivity contribution is 0.0984. The molecule has 0 aromatic carbocycles. The predicted octanol–water partition coefficient (Wildman–Crippen LogP) is 0.896. The Morgan fingerprint density at radius 1 is 1.82 bits per heavy atom. The summed E-state index contributed by atoms with van der Waals surface area (Å²) in [5, 5.41) is 14.3. The molecule has 0 saturated heterocycles. The fourth-order valence-corrected chi connectivity index (χ4v) is 0.717. The fraction of sp³-hybridized carbons (Fsp3) is 0.286. The van der Waals surface area contributed by atoms with Crippen LogP contribution in [0.25, 0.3) is 0 Å². The summed E-state index contributed by atoms with van der Waals surface area (Å²) in [4.78, 5) is 11.1. The maximum absolute atomic E-state index is 11.1. The first-order valence-corrected chi connectivity index (χ1v) is 3.23. The van der Waals surface area contributed by atoms with Gasteiger partial charge in [0.1, 0.15) is 0 Å². The van der Waals surface area contributed by atoms with Gasteiger partial charge in [-0.2, -0.15) is 10.4 Å². The molecule has 0 bridgehead atoms. The van der Waals surface area contributed by atoms with E-state index in [2.05, 4.69) is 10.2 Å². The number of nitrogens with zero attached hydrogens (tertiary/aromatic N) is 2. The highest BCUT2D eigenvalue weighted by molar-refractivity contribution is 5.95. The zero-order valence-corrected chi connectivity index (χ0v) is 5.87. The Morgan fingerprint density at radius 3 is 3.18 bits per heavy atom. The number of nitrogens with one attached hydrogen (secondary N) is 1. The average molecular weight is 149 g/mol. The number of rotatable bonds is 3. The summed E-state index contributed by atoms with van der Waals surface area (Å²) < 4.78 is 0. The van der Waals surface area contributed by atoms with Crippen LogP contribution in [0.1, 0.15) is 23.2 Å². The van der Waals surface area contributed by atoms with Crippen LogP contribution >= 0.6 is 0 Å². The summed E-state index contributed by atoms with van der Waals surface area (Å²) in [6.07, 6.45) is 3.53. The Hall–Kier alpha value is -1.63. The number of nitriles is 1. The topological polar surface area (TPSA) is 69.5 Å². The molecule has 4 nitrogen and oxygen atoms in total. The highest BCUT2D eigenvalue weighted by Gasteiger charge is 2.04. The monoisotopic (exact) mass is 149 g/mol. The summed E-state index contributed by atoms with van der Waals surface area (Å²) in [6.45, 7) is 0. The van der Waals surface area contributed by atoms with Gasteiger partial charge in [-0.05, 0) is 0 Å². The van der Waals surface area contributed by atoms with Crippen molar-refractivity contribution >= 4 is 5.78 Å². The second kappa shape index (κ2) is 3.52. The van der Waals surface area contributed by atoms with Crippen LogP contribution in [-0.2, 0) is 0 Å². The summed E-state index contributed by atoms with van der Waals surface area (Å²) in [7, 11) is 0. The number of Topliss-reactive ketones (excluding diaryl/α,β-unsaturated/α-hetero) is 1. The first kappa shape index (κ1) is 7.48. The number of carbonyl (C=O) groups is 1. The lowest BCUT2D eigenvalue weighted by Gasteiger charge is -1.88. The van der Waals surface area contributed by atoms with Crippen molar-refractivity contribution in [1.29, 1.82) is 5.26 Å². The number of hydrogen-bond acceptors (Lipinski definition) is 3. The van der Waals surface area contributed by atoms with Gasteiger partial charge in [0.2, 0.25) is 0 Å². The van der Waals surface area contributed by atoms with E-state index in [0.29, 0.717) is 5.56 Å². The molecule has 0 atom stereocenters. The van der Waals surface area contributed by atoms with Crippen LogP contribution in [-0.4, -0.2) is 16.0 Å². The molecule has 0 radical (unpaired) electrons. The van der Waals surface area contributed by atoms with Crippen LogP contribution in [0.4, 0.5) is 0 Å². The SMILES string of the molecule is N#CCCC(=O)c1cn[nH]c1. The van der Waals surface area contributed by atoms with Gasteiger partial charge < -0.3 is 0 Å². The maximum Gasteiger partial charge on any atom is 0.167 e. The standard InChI is InChI=1S/C7H7N3O/c8-3-1-2-7(11)6-4-9-10-5-6/h4-5H,1-2H2,(H,9,10). The molecule has 0 spiro atoms. The fourth-order valence-electron chi connectivity index (χ4n) is 0.717. The number of hydrogen-bond donors (Lipinski definition) is 1. The zero-order chi connectivity index (χ0) is 8.10. The molecule has 1 aromatic rings. The van der Waals surface area contributed by atoms with E-state index in [1.54, 1.807) is 0 Å². The van der Waals surface area contributed by atoms with Crippen LogP contribution in [0, 0.1) is 11.3 Å². The smallest absolute Gasteiger partial charge is 0.167 e. The molecule has 0 saturated carbocycles. The second-order valence-electron chi connectivity index (χ2n) is 2.07. The van der Waals surface area contributed by atoms with Crippen molar-refractivity contribution < 1.29 is 4.79 Å². The van der Waals surface area contributed by atoms with Gasteiger partial charge in [-0.3, -0.25) is 9.89 Å². The van der Waals surface area contributed by atoms with E-state index in [9.17, 15) is 4.79 Å². The Morgan fingerprint density at radius 2 is 2.64 bits per heavy atom. The molecular weight excluding hydrogens is 142 g/mol. The van der Waals surface area contributed by atoms with Crippen molar-refractivity contribution in [2.75, 3.05) is 0 Å². The highest BCUT2D eigenvalue weighted by atomic mass is 16.1. The van der Waals surface area contributed by atoms with Crippen molar-refractivity contribution in [3.05, 3.63) is 18.0 Å². The quantitative estimate of drug-likeness (QED) is 0.649. The second-order valence-corrected chi connectivity index (χ2v) is 2.07.